The molecule has 0 spiro atoms. The van der Waals surface area contributed by atoms with Crippen molar-refractivity contribution >= 4 is 28.9 Å². The molecule has 1 heterocycles. The fourth-order valence-corrected chi connectivity index (χ4v) is 3.15. The van der Waals surface area contributed by atoms with Crippen LogP contribution in [0.1, 0.15) is 15.9 Å². The molecule has 3 rings (SSSR count). The van der Waals surface area contributed by atoms with Gasteiger partial charge in [0.05, 0.1) is 16.6 Å². The van der Waals surface area contributed by atoms with Crippen molar-refractivity contribution in [3.63, 3.8) is 0 Å². The van der Waals surface area contributed by atoms with Crippen molar-refractivity contribution in [2.24, 2.45) is 0 Å². The molecule has 0 radical (unpaired) electrons. The molecule has 8 heteroatoms. The van der Waals surface area contributed by atoms with Gasteiger partial charge in [-0.25, -0.2) is 0 Å². The van der Waals surface area contributed by atoms with Crippen LogP contribution in [0.15, 0.2) is 42.5 Å². The molecule has 0 saturated carbocycles. The summed E-state index contributed by atoms with van der Waals surface area (Å²) in [6.45, 7) is 1.84. The Kier molecular flexibility index (Phi) is 5.05. The number of nitro groups is 1. The quantitative estimate of drug-likeness (QED) is 0.611. The van der Waals surface area contributed by atoms with Gasteiger partial charge >= 0.3 is 0 Å². The zero-order chi connectivity index (χ0) is 18.7. The van der Waals surface area contributed by atoms with Crippen molar-refractivity contribution in [2.75, 3.05) is 31.1 Å². The van der Waals surface area contributed by atoms with E-state index in [1.165, 1.54) is 6.07 Å². The van der Waals surface area contributed by atoms with Crippen LogP contribution in [0.4, 0.5) is 11.4 Å². The molecule has 7 nitrogen and oxygen atoms in total. The topological polar surface area (TPSA) is 90.5 Å². The Balaban J connectivity index is 1.74. The molecule has 0 aromatic heterocycles. The van der Waals surface area contributed by atoms with E-state index in [2.05, 4.69) is 0 Å². The van der Waals surface area contributed by atoms with Crippen molar-refractivity contribution in [3.05, 3.63) is 68.7 Å². The number of nitriles is 1. The molecule has 1 aliphatic heterocycles. The van der Waals surface area contributed by atoms with Gasteiger partial charge < -0.3 is 9.80 Å². The Morgan fingerprint density at radius 1 is 1.15 bits per heavy atom. The summed E-state index contributed by atoms with van der Waals surface area (Å²) in [4.78, 5) is 27.0. The van der Waals surface area contributed by atoms with Crippen LogP contribution in [0, 0.1) is 21.4 Å². The molecular weight excluding hydrogens is 356 g/mol. The third-order valence-electron chi connectivity index (χ3n) is 4.28. The average Bonchev–Trinajstić information content (AvgIpc) is 2.67. The van der Waals surface area contributed by atoms with Crippen molar-refractivity contribution in [1.29, 1.82) is 5.26 Å². The zero-order valence-electron chi connectivity index (χ0n) is 13.8. The molecule has 0 bridgehead atoms. The molecule has 26 heavy (non-hydrogen) atoms. The second kappa shape index (κ2) is 7.42. The highest BCUT2D eigenvalue weighted by molar-refractivity contribution is 6.30. The molecule has 132 valence electrons. The number of nitrogens with zero attached hydrogens (tertiary/aromatic N) is 4. The number of amides is 1. The molecule has 0 unspecified atom stereocenters. The normalized spacial score (nSPS) is 14.0. The molecule has 2 aromatic rings. The van der Waals surface area contributed by atoms with Gasteiger partial charge in [-0.3, -0.25) is 14.9 Å². The van der Waals surface area contributed by atoms with Crippen LogP contribution in [0.3, 0.4) is 0 Å². The maximum absolute atomic E-state index is 12.6. The molecule has 0 N–H and O–H groups in total. The summed E-state index contributed by atoms with van der Waals surface area (Å²) in [7, 11) is 0. The zero-order valence-corrected chi connectivity index (χ0v) is 14.5. The third kappa shape index (κ3) is 3.60. The van der Waals surface area contributed by atoms with Gasteiger partial charge in [-0.15, -0.1) is 0 Å². The number of benzene rings is 2. The van der Waals surface area contributed by atoms with Gasteiger partial charge in [0.2, 0.25) is 0 Å². The number of carbonyl (C=O) groups excluding carboxylic acids is 1. The minimum atomic E-state index is -0.486. The van der Waals surface area contributed by atoms with Gasteiger partial charge in [-0.1, -0.05) is 17.7 Å². The third-order valence-corrected chi connectivity index (χ3v) is 4.52. The Bertz CT molecular complexity index is 902. The number of nitro benzene ring substituents is 1. The molecular formula is C18H15ClN4O3. The lowest BCUT2D eigenvalue weighted by Crippen LogP contribution is -2.49. The summed E-state index contributed by atoms with van der Waals surface area (Å²) < 4.78 is 0. The van der Waals surface area contributed by atoms with E-state index in [9.17, 15) is 14.9 Å². The Morgan fingerprint density at radius 2 is 1.88 bits per heavy atom. The Labute approximate surface area is 155 Å². The predicted octanol–water partition coefficient (Wildman–Crippen LogP) is 3.08. The van der Waals surface area contributed by atoms with E-state index in [-0.39, 0.29) is 17.2 Å². The first-order chi connectivity index (χ1) is 12.5. The van der Waals surface area contributed by atoms with Crippen LogP contribution in [-0.2, 0) is 0 Å². The van der Waals surface area contributed by atoms with Gasteiger partial charge in [0.25, 0.3) is 11.6 Å². The second-order valence-electron chi connectivity index (χ2n) is 5.86. The monoisotopic (exact) mass is 370 g/mol. The number of rotatable bonds is 3. The average molecular weight is 371 g/mol. The molecule has 2 aromatic carbocycles. The first-order valence-corrected chi connectivity index (χ1v) is 8.35. The maximum atomic E-state index is 12.6. The number of hydrogen-bond acceptors (Lipinski definition) is 5. The van der Waals surface area contributed by atoms with E-state index in [0.717, 1.165) is 0 Å². The van der Waals surface area contributed by atoms with Crippen LogP contribution < -0.4 is 4.90 Å². The predicted molar refractivity (Wildman–Crippen MR) is 97.4 cm³/mol. The lowest BCUT2D eigenvalue weighted by molar-refractivity contribution is -0.384. The molecule has 1 aliphatic rings. The largest absolute Gasteiger partial charge is 0.362 e. The first kappa shape index (κ1) is 17.7. The van der Waals surface area contributed by atoms with E-state index in [1.807, 2.05) is 11.0 Å². The number of halogens is 1. The van der Waals surface area contributed by atoms with E-state index in [4.69, 9.17) is 16.9 Å². The van der Waals surface area contributed by atoms with Crippen molar-refractivity contribution < 1.29 is 9.72 Å². The van der Waals surface area contributed by atoms with Crippen molar-refractivity contribution in [2.45, 2.75) is 0 Å². The molecule has 1 amide bonds. The van der Waals surface area contributed by atoms with Crippen LogP contribution in [-0.4, -0.2) is 41.9 Å². The summed E-state index contributed by atoms with van der Waals surface area (Å²) in [5, 5.41) is 20.7. The Hall–Kier alpha value is -3.11. The number of hydrogen-bond donors (Lipinski definition) is 0. The molecule has 0 atom stereocenters. The summed E-state index contributed by atoms with van der Waals surface area (Å²) >= 11 is 5.94. The maximum Gasteiger partial charge on any atom is 0.293 e. The minimum absolute atomic E-state index is 0.0985. The SMILES string of the molecule is N#Cc1ccc(N2CCN(C(=O)c3cccc(Cl)c3)CC2)c([N+](=O)[O-])c1. The van der Waals surface area contributed by atoms with Gasteiger partial charge in [0, 0.05) is 42.8 Å². The minimum Gasteiger partial charge on any atom is -0.362 e. The second-order valence-corrected chi connectivity index (χ2v) is 6.30. The number of anilines is 1. The lowest BCUT2D eigenvalue weighted by atomic mass is 10.1. The van der Waals surface area contributed by atoms with Gasteiger partial charge in [-0.05, 0) is 30.3 Å². The van der Waals surface area contributed by atoms with E-state index >= 15 is 0 Å². The van der Waals surface area contributed by atoms with E-state index in [1.54, 1.807) is 41.3 Å². The fourth-order valence-electron chi connectivity index (χ4n) is 2.96. The first-order valence-electron chi connectivity index (χ1n) is 7.98. The summed E-state index contributed by atoms with van der Waals surface area (Å²) in [5.74, 6) is -0.110. The van der Waals surface area contributed by atoms with Crippen LogP contribution in [0.2, 0.25) is 5.02 Å². The van der Waals surface area contributed by atoms with E-state index in [0.29, 0.717) is 42.5 Å². The number of carbonyl (C=O) groups is 1. The summed E-state index contributed by atoms with van der Waals surface area (Å²) in [6.07, 6.45) is 0. The fraction of sp³-hybridized carbons (Fsp3) is 0.222. The summed E-state index contributed by atoms with van der Waals surface area (Å²) in [5.41, 5.74) is 1.13. The highest BCUT2D eigenvalue weighted by Crippen LogP contribution is 2.30. The van der Waals surface area contributed by atoms with Crippen LogP contribution in [0.5, 0.6) is 0 Å². The Morgan fingerprint density at radius 3 is 2.50 bits per heavy atom. The standard InChI is InChI=1S/C18H15ClN4O3/c19-15-3-1-2-14(11-15)18(24)22-8-6-21(7-9-22)16-5-4-13(12-20)10-17(16)23(25)26/h1-5,10-11H,6-9H2. The van der Waals surface area contributed by atoms with Crippen LogP contribution >= 0.6 is 11.6 Å². The number of piperazine rings is 1. The van der Waals surface area contributed by atoms with Crippen LogP contribution in [0.25, 0.3) is 0 Å². The van der Waals surface area contributed by atoms with E-state index < -0.39 is 4.92 Å². The molecule has 1 fully saturated rings. The van der Waals surface area contributed by atoms with Gasteiger partial charge in [0.15, 0.2) is 0 Å². The highest BCUT2D eigenvalue weighted by atomic mass is 35.5. The van der Waals surface area contributed by atoms with Gasteiger partial charge in [-0.2, -0.15) is 5.26 Å². The molecule has 1 saturated heterocycles. The molecule has 0 aliphatic carbocycles. The van der Waals surface area contributed by atoms with Crippen molar-refractivity contribution in [1.82, 2.24) is 4.90 Å². The smallest absolute Gasteiger partial charge is 0.293 e. The lowest BCUT2D eigenvalue weighted by Gasteiger charge is -2.35. The van der Waals surface area contributed by atoms with Gasteiger partial charge in [0.1, 0.15) is 5.69 Å². The summed E-state index contributed by atoms with van der Waals surface area (Å²) in [6, 6.07) is 13.1. The highest BCUT2D eigenvalue weighted by Gasteiger charge is 2.26. The van der Waals surface area contributed by atoms with Crippen molar-refractivity contribution in [3.8, 4) is 6.07 Å².